The number of methoxy groups -OCH3 is 2. The van der Waals surface area contributed by atoms with Gasteiger partial charge in [-0.15, -0.1) is 11.3 Å². The van der Waals surface area contributed by atoms with Crippen molar-refractivity contribution in [1.82, 2.24) is 4.98 Å². The van der Waals surface area contributed by atoms with Crippen molar-refractivity contribution in [3.8, 4) is 28.8 Å². The van der Waals surface area contributed by atoms with E-state index in [-0.39, 0.29) is 0 Å². The van der Waals surface area contributed by atoms with Gasteiger partial charge in [-0.1, -0.05) is 30.3 Å². The van der Waals surface area contributed by atoms with Gasteiger partial charge in [0.05, 0.1) is 31.2 Å². The number of nitriles is 1. The van der Waals surface area contributed by atoms with E-state index in [0.29, 0.717) is 44.6 Å². The van der Waals surface area contributed by atoms with E-state index in [1.54, 1.807) is 56.1 Å². The molecule has 7 nitrogen and oxygen atoms in total. The molecule has 0 amide bonds. The van der Waals surface area contributed by atoms with Gasteiger partial charge in [-0.25, -0.2) is 9.78 Å². The number of rotatable bonds is 6. The van der Waals surface area contributed by atoms with Crippen LogP contribution in [-0.4, -0.2) is 19.2 Å². The minimum atomic E-state index is -0.479. The average Bonchev–Trinajstić information content (AvgIpc) is 3.38. The molecule has 0 unspecified atom stereocenters. The zero-order chi connectivity index (χ0) is 24.4. The summed E-state index contributed by atoms with van der Waals surface area (Å²) in [6, 6.07) is 20.9. The second-order valence-corrected chi connectivity index (χ2v) is 8.42. The molecule has 0 saturated heterocycles. The lowest BCUT2D eigenvalue weighted by Gasteiger charge is -2.10. The third-order valence-electron chi connectivity index (χ3n) is 5.55. The molecule has 0 aliphatic heterocycles. The molecule has 0 spiro atoms. The van der Waals surface area contributed by atoms with E-state index in [2.05, 4.69) is 16.4 Å². The van der Waals surface area contributed by atoms with Gasteiger partial charge in [-0.05, 0) is 35.0 Å². The number of fused-ring (bicyclic) bond motifs is 3. The number of ether oxygens (including phenoxy) is 2. The molecule has 2 heterocycles. The molecule has 1 N–H and O–H groups in total. The molecular weight excluding hydrogens is 462 g/mol. The molecule has 2 aromatic heterocycles. The second-order valence-electron chi connectivity index (χ2n) is 7.56. The van der Waals surface area contributed by atoms with Gasteiger partial charge in [0, 0.05) is 23.0 Å². The Morgan fingerprint density at radius 1 is 1.09 bits per heavy atom. The second kappa shape index (κ2) is 9.33. The number of aromatic nitrogens is 1. The van der Waals surface area contributed by atoms with E-state index in [1.165, 1.54) is 11.3 Å². The predicted molar refractivity (Wildman–Crippen MR) is 138 cm³/mol. The summed E-state index contributed by atoms with van der Waals surface area (Å²) in [5, 5.41) is 17.9. The SMILES string of the molecule is COc1ccc(NC=C(C#N)c2nc(-c3cc4c(ccc5ccccc54)oc3=O)cs2)c(OC)c1. The minimum Gasteiger partial charge on any atom is -0.497 e. The van der Waals surface area contributed by atoms with Gasteiger partial charge in [0.2, 0.25) is 0 Å². The largest absolute Gasteiger partial charge is 0.497 e. The van der Waals surface area contributed by atoms with Crippen molar-refractivity contribution in [1.29, 1.82) is 5.26 Å². The monoisotopic (exact) mass is 481 g/mol. The number of hydrogen-bond acceptors (Lipinski definition) is 8. The van der Waals surface area contributed by atoms with Crippen molar-refractivity contribution in [3.05, 3.63) is 87.7 Å². The third-order valence-corrected chi connectivity index (χ3v) is 6.43. The number of nitrogens with zero attached hydrogens (tertiary/aromatic N) is 2. The van der Waals surface area contributed by atoms with E-state index in [0.717, 1.165) is 16.2 Å². The summed E-state index contributed by atoms with van der Waals surface area (Å²) in [5.41, 5.74) is 1.82. The average molecular weight is 482 g/mol. The van der Waals surface area contributed by atoms with Crippen LogP contribution < -0.4 is 20.4 Å². The fraction of sp³-hybridized carbons (Fsp3) is 0.0741. The van der Waals surface area contributed by atoms with Crippen LogP contribution in [0.5, 0.6) is 11.5 Å². The standard InChI is InChI=1S/C27H19N3O4S/c1-32-18-8-9-22(25(11-18)33-2)29-14-17(13-28)26-30-23(15-35-26)21-12-20-19-6-4-3-5-16(19)7-10-24(20)34-27(21)31/h3-12,14-15,29H,1-2H3. The zero-order valence-electron chi connectivity index (χ0n) is 18.9. The van der Waals surface area contributed by atoms with Crippen molar-refractivity contribution >= 4 is 44.3 Å². The van der Waals surface area contributed by atoms with Crippen molar-refractivity contribution in [2.75, 3.05) is 19.5 Å². The molecule has 0 bridgehead atoms. The summed E-state index contributed by atoms with van der Waals surface area (Å²) < 4.78 is 16.2. The molecule has 8 heteroatoms. The maximum absolute atomic E-state index is 12.7. The van der Waals surface area contributed by atoms with Crippen LogP contribution in [0.2, 0.25) is 0 Å². The van der Waals surface area contributed by atoms with E-state index in [9.17, 15) is 10.1 Å². The Bertz CT molecular complexity index is 1690. The number of benzene rings is 3. The highest BCUT2D eigenvalue weighted by Gasteiger charge is 2.15. The van der Waals surface area contributed by atoms with Gasteiger partial charge < -0.3 is 19.2 Å². The Hall–Kier alpha value is -4.61. The molecule has 0 fully saturated rings. The molecule has 0 radical (unpaired) electrons. The summed E-state index contributed by atoms with van der Waals surface area (Å²) in [6.45, 7) is 0. The Balaban J connectivity index is 1.50. The zero-order valence-corrected chi connectivity index (χ0v) is 19.7. The first-order valence-electron chi connectivity index (χ1n) is 10.6. The molecule has 35 heavy (non-hydrogen) atoms. The highest BCUT2D eigenvalue weighted by Crippen LogP contribution is 2.31. The van der Waals surface area contributed by atoms with Crippen LogP contribution in [0.15, 0.2) is 81.5 Å². The lowest BCUT2D eigenvalue weighted by Crippen LogP contribution is -2.03. The summed E-state index contributed by atoms with van der Waals surface area (Å²) in [7, 11) is 3.13. The van der Waals surface area contributed by atoms with Crippen molar-refractivity contribution in [2.24, 2.45) is 0 Å². The maximum atomic E-state index is 12.7. The highest BCUT2D eigenvalue weighted by atomic mass is 32.1. The first-order valence-corrected chi connectivity index (χ1v) is 11.5. The molecule has 0 aliphatic rings. The van der Waals surface area contributed by atoms with Gasteiger partial charge in [-0.2, -0.15) is 5.26 Å². The molecule has 5 aromatic rings. The number of hydrogen-bond donors (Lipinski definition) is 1. The molecule has 172 valence electrons. The quantitative estimate of drug-likeness (QED) is 0.179. The normalized spacial score (nSPS) is 11.4. The number of anilines is 1. The van der Waals surface area contributed by atoms with Crippen LogP contribution >= 0.6 is 11.3 Å². The number of allylic oxidation sites excluding steroid dienone is 1. The molecule has 0 atom stereocenters. The van der Waals surface area contributed by atoms with Gasteiger partial charge in [-0.3, -0.25) is 0 Å². The van der Waals surface area contributed by atoms with Crippen molar-refractivity contribution < 1.29 is 13.9 Å². The summed E-state index contributed by atoms with van der Waals surface area (Å²) >= 11 is 1.27. The Labute approximate surface area is 204 Å². The van der Waals surface area contributed by atoms with Crippen LogP contribution in [-0.2, 0) is 0 Å². The predicted octanol–water partition coefficient (Wildman–Crippen LogP) is 6.06. The van der Waals surface area contributed by atoms with Gasteiger partial charge in [0.1, 0.15) is 33.7 Å². The first-order chi connectivity index (χ1) is 17.1. The van der Waals surface area contributed by atoms with Crippen LogP contribution in [0.1, 0.15) is 5.01 Å². The summed E-state index contributed by atoms with van der Waals surface area (Å²) in [5.74, 6) is 1.22. The fourth-order valence-corrected chi connectivity index (χ4v) is 4.57. The lowest BCUT2D eigenvalue weighted by atomic mass is 10.0. The Morgan fingerprint density at radius 3 is 2.74 bits per heavy atom. The Kier molecular flexibility index (Phi) is 5.92. The van der Waals surface area contributed by atoms with Crippen LogP contribution in [0.25, 0.3) is 38.6 Å². The van der Waals surface area contributed by atoms with Crippen molar-refractivity contribution in [2.45, 2.75) is 0 Å². The van der Waals surface area contributed by atoms with Crippen LogP contribution in [0.3, 0.4) is 0 Å². The molecular formula is C27H19N3O4S. The minimum absolute atomic E-state index is 0.315. The maximum Gasteiger partial charge on any atom is 0.345 e. The summed E-state index contributed by atoms with van der Waals surface area (Å²) in [4.78, 5) is 17.3. The van der Waals surface area contributed by atoms with Gasteiger partial charge >= 0.3 is 5.63 Å². The van der Waals surface area contributed by atoms with E-state index in [4.69, 9.17) is 13.9 Å². The molecule has 3 aromatic carbocycles. The highest BCUT2D eigenvalue weighted by molar-refractivity contribution is 7.11. The van der Waals surface area contributed by atoms with Crippen LogP contribution in [0.4, 0.5) is 5.69 Å². The molecule has 0 saturated carbocycles. The smallest absolute Gasteiger partial charge is 0.345 e. The topological polar surface area (TPSA) is 97.4 Å². The molecule has 5 rings (SSSR count). The summed E-state index contributed by atoms with van der Waals surface area (Å²) in [6.07, 6.45) is 1.56. The van der Waals surface area contributed by atoms with Crippen LogP contribution in [0, 0.1) is 11.3 Å². The molecule has 0 aliphatic carbocycles. The van der Waals surface area contributed by atoms with Gasteiger partial charge in [0.25, 0.3) is 0 Å². The van der Waals surface area contributed by atoms with E-state index in [1.807, 2.05) is 30.3 Å². The fourth-order valence-electron chi connectivity index (χ4n) is 3.78. The first kappa shape index (κ1) is 22.2. The van der Waals surface area contributed by atoms with Crippen molar-refractivity contribution in [3.63, 3.8) is 0 Å². The van der Waals surface area contributed by atoms with E-state index >= 15 is 0 Å². The number of thiazole rings is 1. The number of nitrogens with one attached hydrogen (secondary N) is 1. The third kappa shape index (κ3) is 4.21. The van der Waals surface area contributed by atoms with Gasteiger partial charge in [0.15, 0.2) is 0 Å². The van der Waals surface area contributed by atoms with E-state index < -0.39 is 5.63 Å². The Morgan fingerprint density at radius 2 is 1.94 bits per heavy atom. The lowest BCUT2D eigenvalue weighted by molar-refractivity contribution is 0.395.